The van der Waals surface area contributed by atoms with Crippen LogP contribution in [0.2, 0.25) is 0 Å². The molecule has 0 atom stereocenters. The number of benzene rings is 1. The van der Waals surface area contributed by atoms with Crippen LogP contribution >= 0.6 is 17.9 Å². The third kappa shape index (κ3) is 2.91. The fourth-order valence-corrected chi connectivity index (χ4v) is 10.1. The molecule has 17 heavy (non-hydrogen) atoms. The van der Waals surface area contributed by atoms with Crippen molar-refractivity contribution in [2.24, 2.45) is 0 Å². The molecule has 0 aromatic heterocycles. The summed E-state index contributed by atoms with van der Waals surface area (Å²) in [5.41, 5.74) is 1.18. The number of hydrogen-bond acceptors (Lipinski definition) is 0. The van der Waals surface area contributed by atoms with Crippen LogP contribution in [0, 0.1) is 0 Å². The molecule has 0 unspecified atom stereocenters. The van der Waals surface area contributed by atoms with Crippen molar-refractivity contribution in [1.29, 1.82) is 0 Å². The molecule has 0 fully saturated rings. The van der Waals surface area contributed by atoms with Crippen LogP contribution in [0.25, 0.3) is 6.08 Å². The second kappa shape index (κ2) is 5.81. The van der Waals surface area contributed by atoms with Gasteiger partial charge in [-0.15, -0.1) is 0 Å². The van der Waals surface area contributed by atoms with Crippen molar-refractivity contribution in [3.05, 3.63) is 45.6 Å². The molecule has 3 heteroatoms. The summed E-state index contributed by atoms with van der Waals surface area (Å²) in [4.78, 5) is 0. The molecule has 1 aliphatic rings. The van der Waals surface area contributed by atoms with Gasteiger partial charge in [0.05, 0.1) is 0 Å². The van der Waals surface area contributed by atoms with Crippen molar-refractivity contribution in [2.75, 3.05) is 0 Å². The Labute approximate surface area is 115 Å². The fraction of sp³-hybridized carbons (Fsp3) is 0.286. The number of rotatable bonds is 3. The van der Waals surface area contributed by atoms with Crippen molar-refractivity contribution in [2.45, 2.75) is 26.2 Å². The maximum absolute atomic E-state index is 6.76. The van der Waals surface area contributed by atoms with E-state index in [9.17, 15) is 0 Å². The van der Waals surface area contributed by atoms with E-state index in [0.29, 0.717) is 0 Å². The molecule has 0 saturated carbocycles. The number of hydrogen-bond donors (Lipinski definition) is 0. The fourth-order valence-electron chi connectivity index (χ4n) is 1.90. The molecule has 1 heterocycles. The predicted octanol–water partition coefficient (Wildman–Crippen LogP) is 4.50. The molecule has 1 aliphatic heterocycles. The number of halogens is 2. The molecule has 0 bridgehead atoms. The van der Waals surface area contributed by atoms with Gasteiger partial charge in [-0.05, 0) is 0 Å². The number of fused-ring (bicyclic) bond motifs is 1. The minimum atomic E-state index is -3.07. The van der Waals surface area contributed by atoms with Crippen LogP contribution in [0.3, 0.4) is 0 Å². The molecule has 0 N–H and O–H groups in total. The van der Waals surface area contributed by atoms with E-state index in [1.807, 2.05) is 12.1 Å². The first kappa shape index (κ1) is 13.5. The van der Waals surface area contributed by atoms with E-state index in [0.717, 1.165) is 12.8 Å². The standard InChI is InChI=1S/C14H16Cl2Te/c1-2-3-9-13-10-6-8-12-7-4-5-11-14(12)17(13,15)16/h4-8,10-11H,2-3,9H2,1H3. The van der Waals surface area contributed by atoms with Crippen LogP contribution in [0.15, 0.2) is 40.0 Å². The summed E-state index contributed by atoms with van der Waals surface area (Å²) in [6.07, 6.45) is 9.70. The minimum absolute atomic E-state index is 1.03. The van der Waals surface area contributed by atoms with E-state index in [1.54, 1.807) is 0 Å². The van der Waals surface area contributed by atoms with Gasteiger partial charge in [0.1, 0.15) is 0 Å². The Hall–Kier alpha value is 0.0696. The predicted molar refractivity (Wildman–Crippen MR) is 80.2 cm³/mol. The molecular formula is C14H16Cl2Te. The Morgan fingerprint density at radius 1 is 1.18 bits per heavy atom. The van der Waals surface area contributed by atoms with Crippen molar-refractivity contribution >= 4 is 43.6 Å². The molecule has 2 rings (SSSR count). The first-order valence-electron chi connectivity index (χ1n) is 5.85. The molecule has 92 valence electrons. The Kier molecular flexibility index (Phi) is 4.61. The zero-order valence-corrected chi connectivity index (χ0v) is 13.7. The van der Waals surface area contributed by atoms with Crippen molar-refractivity contribution < 1.29 is 0 Å². The van der Waals surface area contributed by atoms with Crippen LogP contribution in [0.4, 0.5) is 0 Å². The van der Waals surface area contributed by atoms with Gasteiger partial charge in [-0.2, -0.15) is 0 Å². The molecule has 0 saturated heterocycles. The molecule has 1 aromatic rings. The summed E-state index contributed by atoms with van der Waals surface area (Å²) in [6, 6.07) is 8.24. The van der Waals surface area contributed by atoms with E-state index >= 15 is 0 Å². The van der Waals surface area contributed by atoms with Gasteiger partial charge in [0.25, 0.3) is 0 Å². The quantitative estimate of drug-likeness (QED) is 0.675. The molecule has 0 radical (unpaired) electrons. The third-order valence-corrected chi connectivity index (χ3v) is 13.2. The second-order valence-electron chi connectivity index (χ2n) is 4.10. The van der Waals surface area contributed by atoms with E-state index in [-0.39, 0.29) is 0 Å². The van der Waals surface area contributed by atoms with Crippen LogP contribution in [0.1, 0.15) is 31.7 Å². The monoisotopic (exact) mass is 384 g/mol. The van der Waals surface area contributed by atoms with E-state index in [4.69, 9.17) is 17.9 Å². The van der Waals surface area contributed by atoms with Gasteiger partial charge in [-0.3, -0.25) is 0 Å². The summed E-state index contributed by atoms with van der Waals surface area (Å²) in [5, 5.41) is 0. The molecule has 0 nitrogen and oxygen atoms in total. The van der Waals surface area contributed by atoms with Crippen LogP contribution in [-0.2, 0) is 0 Å². The van der Waals surface area contributed by atoms with Crippen molar-refractivity contribution in [3.63, 3.8) is 0 Å². The zero-order valence-electron chi connectivity index (χ0n) is 9.83. The van der Waals surface area contributed by atoms with Gasteiger partial charge in [0.15, 0.2) is 0 Å². The molecular weight excluding hydrogens is 367 g/mol. The van der Waals surface area contributed by atoms with Gasteiger partial charge in [0, 0.05) is 0 Å². The Morgan fingerprint density at radius 2 is 1.94 bits per heavy atom. The van der Waals surface area contributed by atoms with Gasteiger partial charge in [-0.25, -0.2) is 0 Å². The van der Waals surface area contributed by atoms with Gasteiger partial charge >= 0.3 is 115 Å². The first-order valence-corrected chi connectivity index (χ1v) is 14.1. The Balaban J connectivity index is 2.41. The summed E-state index contributed by atoms with van der Waals surface area (Å²) >= 11 is -3.07. The van der Waals surface area contributed by atoms with E-state index < -0.39 is 15.9 Å². The van der Waals surface area contributed by atoms with Crippen molar-refractivity contribution in [1.82, 2.24) is 0 Å². The average molecular weight is 383 g/mol. The maximum atomic E-state index is 6.76. The van der Waals surface area contributed by atoms with Crippen molar-refractivity contribution in [3.8, 4) is 0 Å². The zero-order chi connectivity index (χ0) is 12.3. The molecule has 1 aromatic carbocycles. The number of unbranched alkanes of at least 4 members (excludes halogenated alkanes) is 1. The summed E-state index contributed by atoms with van der Waals surface area (Å²) in [7, 11) is 13.5. The van der Waals surface area contributed by atoms with Gasteiger partial charge < -0.3 is 0 Å². The Bertz CT molecular complexity index is 461. The molecule has 0 aliphatic carbocycles. The van der Waals surface area contributed by atoms with Gasteiger partial charge in [-0.1, -0.05) is 0 Å². The SMILES string of the molecule is CCCCC1=CC=Cc2ccccc2[Te]1(Cl)Cl. The third-order valence-electron chi connectivity index (χ3n) is 2.86. The summed E-state index contributed by atoms with van der Waals surface area (Å²) < 4.78 is 2.45. The van der Waals surface area contributed by atoms with Crippen LogP contribution < -0.4 is 3.61 Å². The molecule has 0 amide bonds. The summed E-state index contributed by atoms with van der Waals surface area (Å²) in [5.74, 6) is 0. The van der Waals surface area contributed by atoms with Gasteiger partial charge in [0.2, 0.25) is 0 Å². The number of allylic oxidation sites excluding steroid dienone is 3. The van der Waals surface area contributed by atoms with Crippen LogP contribution in [-0.4, -0.2) is 15.9 Å². The Morgan fingerprint density at radius 3 is 2.71 bits per heavy atom. The van der Waals surface area contributed by atoms with E-state index in [2.05, 4.69) is 37.3 Å². The molecule has 0 spiro atoms. The summed E-state index contributed by atoms with van der Waals surface area (Å²) in [6.45, 7) is 2.19. The first-order chi connectivity index (χ1) is 8.16. The average Bonchev–Trinajstić information content (AvgIpc) is 2.45. The topological polar surface area (TPSA) is 0 Å². The second-order valence-corrected chi connectivity index (χ2v) is 16.8. The normalized spacial score (nSPS) is 19.1. The van der Waals surface area contributed by atoms with Crippen LogP contribution in [0.5, 0.6) is 0 Å². The van der Waals surface area contributed by atoms with E-state index in [1.165, 1.54) is 19.2 Å².